The summed E-state index contributed by atoms with van der Waals surface area (Å²) in [4.78, 5) is 29.0. The van der Waals surface area contributed by atoms with Gasteiger partial charge in [0.25, 0.3) is 0 Å². The van der Waals surface area contributed by atoms with Gasteiger partial charge in [-0.05, 0) is 25.5 Å². The molecule has 0 fully saturated rings. The molecule has 2 rings (SSSR count). The molecule has 0 saturated carbocycles. The minimum atomic E-state index is -0.653. The Kier molecular flexibility index (Phi) is 4.58. The van der Waals surface area contributed by atoms with Gasteiger partial charge >= 0.3 is 5.97 Å². The van der Waals surface area contributed by atoms with Crippen molar-refractivity contribution >= 4 is 34.8 Å². The summed E-state index contributed by atoms with van der Waals surface area (Å²) in [5.74, 6) is -1.25. The molecule has 0 radical (unpaired) electrons. The van der Waals surface area contributed by atoms with Crippen molar-refractivity contribution in [1.29, 1.82) is 0 Å². The van der Waals surface area contributed by atoms with Crippen LogP contribution in [-0.4, -0.2) is 24.6 Å². The Labute approximate surface area is 128 Å². The Balaban J connectivity index is 2.63. The van der Waals surface area contributed by atoms with Gasteiger partial charge < -0.3 is 4.74 Å². The first-order valence-electron chi connectivity index (χ1n) is 6.67. The van der Waals surface area contributed by atoms with Gasteiger partial charge in [-0.2, -0.15) is 0 Å². The van der Waals surface area contributed by atoms with E-state index < -0.39 is 5.97 Å². The molecular formula is C16H16ClNO3. The van der Waals surface area contributed by atoms with Gasteiger partial charge in [-0.1, -0.05) is 30.7 Å². The number of carbonyl (C=O) groups excluding carboxylic acids is 2. The maximum atomic E-state index is 12.6. The molecule has 5 heteroatoms. The highest BCUT2D eigenvalue weighted by molar-refractivity contribution is 6.31. The highest BCUT2D eigenvalue weighted by Gasteiger charge is 2.35. The van der Waals surface area contributed by atoms with Crippen molar-refractivity contribution in [2.75, 3.05) is 7.11 Å². The van der Waals surface area contributed by atoms with Crippen molar-refractivity contribution in [2.24, 2.45) is 10.9 Å². The lowest BCUT2D eigenvalue weighted by molar-refractivity contribution is -0.138. The number of methoxy groups -OCH3 is 1. The minimum absolute atomic E-state index is 0.0114. The molecule has 1 aliphatic rings. The number of hydrogen-bond donors (Lipinski definition) is 0. The summed E-state index contributed by atoms with van der Waals surface area (Å²) in [6.45, 7) is 3.69. The Morgan fingerprint density at radius 1 is 1.33 bits per heavy atom. The van der Waals surface area contributed by atoms with Crippen LogP contribution in [-0.2, 0) is 14.3 Å². The summed E-state index contributed by atoms with van der Waals surface area (Å²) in [6.07, 6.45) is 0.600. The van der Waals surface area contributed by atoms with Crippen LogP contribution >= 0.6 is 11.6 Å². The monoisotopic (exact) mass is 305 g/mol. The number of esters is 1. The van der Waals surface area contributed by atoms with Crippen LogP contribution in [0.25, 0.3) is 5.70 Å². The SMILES string of the molecule is CCC1C(=O)C(C(=O)OC)=C(c2ccc(Cl)cc2)N=C1C. The Bertz CT molecular complexity index is 644. The van der Waals surface area contributed by atoms with Gasteiger partial charge in [0.2, 0.25) is 0 Å². The lowest BCUT2D eigenvalue weighted by atomic mass is 9.86. The molecule has 1 atom stereocenters. The highest BCUT2D eigenvalue weighted by atomic mass is 35.5. The van der Waals surface area contributed by atoms with E-state index >= 15 is 0 Å². The summed E-state index contributed by atoms with van der Waals surface area (Å²) in [5.41, 5.74) is 1.74. The number of rotatable bonds is 3. The number of ether oxygens (including phenoxy) is 1. The number of hydrogen-bond acceptors (Lipinski definition) is 4. The molecule has 0 aliphatic carbocycles. The van der Waals surface area contributed by atoms with Gasteiger partial charge in [-0.25, -0.2) is 4.79 Å². The number of Topliss-reactive ketones (excluding diaryl/α,β-unsaturated/α-hetero) is 1. The van der Waals surface area contributed by atoms with Crippen LogP contribution in [0.4, 0.5) is 0 Å². The largest absolute Gasteiger partial charge is 0.465 e. The van der Waals surface area contributed by atoms with E-state index in [1.807, 2.05) is 6.92 Å². The number of ketones is 1. The average molecular weight is 306 g/mol. The zero-order chi connectivity index (χ0) is 15.6. The van der Waals surface area contributed by atoms with Crippen molar-refractivity contribution in [3.05, 3.63) is 40.4 Å². The van der Waals surface area contributed by atoms with E-state index in [9.17, 15) is 9.59 Å². The number of carbonyl (C=O) groups is 2. The minimum Gasteiger partial charge on any atom is -0.465 e. The van der Waals surface area contributed by atoms with E-state index in [1.54, 1.807) is 31.2 Å². The third-order valence-electron chi connectivity index (χ3n) is 3.51. The Morgan fingerprint density at radius 2 is 1.95 bits per heavy atom. The van der Waals surface area contributed by atoms with E-state index in [0.717, 1.165) is 0 Å². The van der Waals surface area contributed by atoms with Crippen molar-refractivity contribution < 1.29 is 14.3 Å². The van der Waals surface area contributed by atoms with Crippen LogP contribution in [0.3, 0.4) is 0 Å². The fourth-order valence-corrected chi connectivity index (χ4v) is 2.51. The summed E-state index contributed by atoms with van der Waals surface area (Å²) < 4.78 is 4.75. The van der Waals surface area contributed by atoms with Crippen LogP contribution in [0.1, 0.15) is 25.8 Å². The maximum absolute atomic E-state index is 12.6. The Morgan fingerprint density at radius 3 is 2.48 bits per heavy atom. The molecule has 1 aliphatic heterocycles. The molecule has 0 N–H and O–H groups in total. The molecule has 1 heterocycles. The molecule has 1 unspecified atom stereocenters. The standard InChI is InChI=1S/C16H16ClNO3/c1-4-12-9(2)18-14(10-5-7-11(17)8-6-10)13(15(12)19)16(20)21-3/h5-8,12H,4H2,1-3H3. The van der Waals surface area contributed by atoms with Gasteiger partial charge in [0, 0.05) is 16.3 Å². The second kappa shape index (κ2) is 6.22. The van der Waals surface area contributed by atoms with Crippen LogP contribution in [0.2, 0.25) is 5.02 Å². The predicted molar refractivity (Wildman–Crippen MR) is 82.3 cm³/mol. The van der Waals surface area contributed by atoms with E-state index in [-0.39, 0.29) is 17.3 Å². The van der Waals surface area contributed by atoms with Crippen molar-refractivity contribution in [3.63, 3.8) is 0 Å². The fraction of sp³-hybridized carbons (Fsp3) is 0.312. The zero-order valence-electron chi connectivity index (χ0n) is 12.1. The van der Waals surface area contributed by atoms with Gasteiger partial charge in [0.05, 0.1) is 18.7 Å². The molecule has 0 aromatic heterocycles. The van der Waals surface area contributed by atoms with Crippen molar-refractivity contribution in [1.82, 2.24) is 0 Å². The second-order valence-electron chi connectivity index (χ2n) is 4.80. The summed E-state index contributed by atoms with van der Waals surface area (Å²) in [6, 6.07) is 6.86. The third kappa shape index (κ3) is 2.90. The first kappa shape index (κ1) is 15.4. The molecule has 0 spiro atoms. The average Bonchev–Trinajstić information content (AvgIpc) is 2.47. The van der Waals surface area contributed by atoms with E-state index in [1.165, 1.54) is 7.11 Å². The maximum Gasteiger partial charge on any atom is 0.343 e. The highest BCUT2D eigenvalue weighted by Crippen LogP contribution is 2.31. The summed E-state index contributed by atoms with van der Waals surface area (Å²) >= 11 is 5.87. The first-order valence-corrected chi connectivity index (χ1v) is 7.05. The quantitative estimate of drug-likeness (QED) is 0.636. The Hall–Kier alpha value is -1.94. The first-order chi connectivity index (χ1) is 9.99. The zero-order valence-corrected chi connectivity index (χ0v) is 12.9. The van der Waals surface area contributed by atoms with Crippen molar-refractivity contribution in [2.45, 2.75) is 20.3 Å². The fourth-order valence-electron chi connectivity index (χ4n) is 2.39. The smallest absolute Gasteiger partial charge is 0.343 e. The predicted octanol–water partition coefficient (Wildman–Crippen LogP) is 3.29. The van der Waals surface area contributed by atoms with Gasteiger partial charge in [-0.15, -0.1) is 0 Å². The number of benzene rings is 1. The molecule has 4 nitrogen and oxygen atoms in total. The molecule has 0 amide bonds. The molecule has 0 bridgehead atoms. The molecule has 0 saturated heterocycles. The topological polar surface area (TPSA) is 55.7 Å². The normalized spacial score (nSPS) is 18.6. The summed E-state index contributed by atoms with van der Waals surface area (Å²) in [7, 11) is 1.26. The molecule has 1 aromatic rings. The lowest BCUT2D eigenvalue weighted by Gasteiger charge is -2.22. The molecule has 21 heavy (non-hydrogen) atoms. The van der Waals surface area contributed by atoms with E-state index in [2.05, 4.69) is 4.99 Å². The third-order valence-corrected chi connectivity index (χ3v) is 3.76. The summed E-state index contributed by atoms with van der Waals surface area (Å²) in [5, 5.41) is 0.577. The lowest BCUT2D eigenvalue weighted by Crippen LogP contribution is -2.31. The van der Waals surface area contributed by atoms with Gasteiger partial charge in [-0.3, -0.25) is 9.79 Å². The second-order valence-corrected chi connectivity index (χ2v) is 5.24. The van der Waals surface area contributed by atoms with Crippen LogP contribution in [0, 0.1) is 5.92 Å². The molecule has 1 aromatic carbocycles. The molecular weight excluding hydrogens is 290 g/mol. The number of halogens is 1. The van der Waals surface area contributed by atoms with Crippen LogP contribution < -0.4 is 0 Å². The molecule has 110 valence electrons. The van der Waals surface area contributed by atoms with Crippen molar-refractivity contribution in [3.8, 4) is 0 Å². The van der Waals surface area contributed by atoms with E-state index in [4.69, 9.17) is 16.3 Å². The van der Waals surface area contributed by atoms with Crippen LogP contribution in [0.15, 0.2) is 34.8 Å². The van der Waals surface area contributed by atoms with Crippen LogP contribution in [0.5, 0.6) is 0 Å². The van der Waals surface area contributed by atoms with Gasteiger partial charge in [0.1, 0.15) is 5.57 Å². The van der Waals surface area contributed by atoms with Gasteiger partial charge in [0.15, 0.2) is 5.78 Å². The number of aliphatic imine (C=N–C) groups is 1. The number of nitrogens with zero attached hydrogens (tertiary/aromatic N) is 1. The van der Waals surface area contributed by atoms with E-state index in [0.29, 0.717) is 28.4 Å².